The number of rotatable bonds is 3. The monoisotopic (exact) mass is 419 g/mol. The quantitative estimate of drug-likeness (QED) is 0.396. The van der Waals surface area contributed by atoms with Crippen LogP contribution in [-0.2, 0) is 4.79 Å². The van der Waals surface area contributed by atoms with Gasteiger partial charge in [-0.3, -0.25) is 9.78 Å². The number of fused-ring (bicyclic) bond motifs is 1. The van der Waals surface area contributed by atoms with Gasteiger partial charge in [0.2, 0.25) is 5.91 Å². The first-order valence-electron chi connectivity index (χ1n) is 10.9. The van der Waals surface area contributed by atoms with E-state index >= 15 is 0 Å². The van der Waals surface area contributed by atoms with E-state index in [1.807, 2.05) is 37.3 Å². The molecule has 1 aliphatic rings. The molecule has 0 fully saturated rings. The number of hydrazone groups is 1. The minimum atomic E-state index is -0.114. The molecule has 4 nitrogen and oxygen atoms in total. The zero-order valence-corrected chi connectivity index (χ0v) is 18.5. The molecule has 0 bridgehead atoms. The molecule has 4 aromatic rings. The van der Waals surface area contributed by atoms with Gasteiger partial charge >= 0.3 is 0 Å². The molecular weight excluding hydrogens is 394 g/mol. The summed E-state index contributed by atoms with van der Waals surface area (Å²) in [6.45, 7) is 5.69. The van der Waals surface area contributed by atoms with Gasteiger partial charge in [-0.2, -0.15) is 5.10 Å². The number of aromatic nitrogens is 1. The van der Waals surface area contributed by atoms with Crippen molar-refractivity contribution in [1.82, 2.24) is 9.99 Å². The van der Waals surface area contributed by atoms with Crippen molar-refractivity contribution in [3.63, 3.8) is 0 Å². The zero-order valence-electron chi connectivity index (χ0n) is 18.5. The van der Waals surface area contributed by atoms with Crippen LogP contribution in [0, 0.1) is 13.8 Å². The fourth-order valence-electron chi connectivity index (χ4n) is 4.68. The first kappa shape index (κ1) is 20.1. The highest BCUT2D eigenvalue weighted by molar-refractivity contribution is 6.13. The van der Waals surface area contributed by atoms with Crippen LogP contribution in [0.4, 0.5) is 0 Å². The molecule has 32 heavy (non-hydrogen) atoms. The lowest BCUT2D eigenvalue weighted by Gasteiger charge is -2.20. The average molecular weight is 420 g/mol. The van der Waals surface area contributed by atoms with Gasteiger partial charge in [0.25, 0.3) is 0 Å². The molecule has 3 aromatic carbocycles. The normalized spacial score (nSPS) is 15.8. The number of carbonyl (C=O) groups excluding carboxylic acids is 1. The van der Waals surface area contributed by atoms with Crippen molar-refractivity contribution in [3.8, 4) is 11.1 Å². The third kappa shape index (κ3) is 3.48. The Morgan fingerprint density at radius 1 is 0.906 bits per heavy atom. The number of hydrogen-bond acceptors (Lipinski definition) is 3. The maximum absolute atomic E-state index is 12.5. The molecule has 0 radical (unpaired) electrons. The second-order valence-corrected chi connectivity index (χ2v) is 8.37. The summed E-state index contributed by atoms with van der Waals surface area (Å²) < 4.78 is 0. The van der Waals surface area contributed by atoms with Crippen LogP contribution in [0.5, 0.6) is 0 Å². The molecule has 5 rings (SSSR count). The first-order valence-corrected chi connectivity index (χ1v) is 10.9. The van der Waals surface area contributed by atoms with Gasteiger partial charge in [-0.1, -0.05) is 78.4 Å². The van der Waals surface area contributed by atoms with Crippen LogP contribution in [0.2, 0.25) is 0 Å². The lowest BCUT2D eigenvalue weighted by molar-refractivity contribution is -0.130. The summed E-state index contributed by atoms with van der Waals surface area (Å²) in [5, 5.41) is 7.58. The van der Waals surface area contributed by atoms with Crippen molar-refractivity contribution >= 4 is 22.5 Å². The Hall–Kier alpha value is -3.79. The number of amides is 1. The van der Waals surface area contributed by atoms with E-state index in [9.17, 15) is 4.79 Å². The number of pyridine rings is 1. The van der Waals surface area contributed by atoms with Gasteiger partial charge in [0.1, 0.15) is 0 Å². The van der Waals surface area contributed by atoms with Crippen molar-refractivity contribution in [2.45, 2.75) is 33.2 Å². The number of benzene rings is 3. The largest absolute Gasteiger partial charge is 0.273 e. The predicted molar refractivity (Wildman–Crippen MR) is 130 cm³/mol. The molecule has 0 saturated carbocycles. The van der Waals surface area contributed by atoms with E-state index in [0.717, 1.165) is 44.6 Å². The molecule has 0 aliphatic carbocycles. The molecular formula is C28H25N3O. The van der Waals surface area contributed by atoms with Crippen LogP contribution in [0.25, 0.3) is 22.0 Å². The van der Waals surface area contributed by atoms with E-state index < -0.39 is 0 Å². The Morgan fingerprint density at radius 3 is 2.41 bits per heavy atom. The van der Waals surface area contributed by atoms with Crippen LogP contribution in [0.15, 0.2) is 84.0 Å². The van der Waals surface area contributed by atoms with Crippen molar-refractivity contribution in [2.24, 2.45) is 5.10 Å². The lowest BCUT2D eigenvalue weighted by atomic mass is 9.89. The molecule has 1 amide bonds. The molecule has 158 valence electrons. The highest BCUT2D eigenvalue weighted by Gasteiger charge is 2.33. The van der Waals surface area contributed by atoms with E-state index in [-0.39, 0.29) is 11.9 Å². The Bertz CT molecular complexity index is 1360. The molecule has 1 aliphatic heterocycles. The zero-order chi connectivity index (χ0) is 22.2. The van der Waals surface area contributed by atoms with Crippen molar-refractivity contribution in [1.29, 1.82) is 0 Å². The lowest BCUT2D eigenvalue weighted by Crippen LogP contribution is -2.24. The second kappa shape index (κ2) is 8.04. The summed E-state index contributed by atoms with van der Waals surface area (Å²) in [5.41, 5.74) is 8.35. The third-order valence-corrected chi connectivity index (χ3v) is 6.08. The molecule has 0 N–H and O–H groups in total. The van der Waals surface area contributed by atoms with E-state index in [4.69, 9.17) is 10.1 Å². The van der Waals surface area contributed by atoms with E-state index in [0.29, 0.717) is 6.42 Å². The van der Waals surface area contributed by atoms with E-state index in [1.54, 1.807) is 11.9 Å². The number of carbonyl (C=O) groups is 1. The van der Waals surface area contributed by atoms with Gasteiger partial charge < -0.3 is 0 Å². The Morgan fingerprint density at radius 2 is 1.66 bits per heavy atom. The highest BCUT2D eigenvalue weighted by atomic mass is 16.2. The maximum Gasteiger partial charge on any atom is 0.240 e. The molecule has 4 heteroatoms. The third-order valence-electron chi connectivity index (χ3n) is 6.08. The highest BCUT2D eigenvalue weighted by Crippen LogP contribution is 2.39. The Labute approximate surface area is 188 Å². The Balaban J connectivity index is 1.72. The number of aryl methyl sites for hydroxylation is 2. The van der Waals surface area contributed by atoms with Crippen molar-refractivity contribution in [2.75, 3.05) is 0 Å². The van der Waals surface area contributed by atoms with Crippen LogP contribution < -0.4 is 0 Å². The molecule has 1 aromatic heterocycles. The van der Waals surface area contributed by atoms with Gasteiger partial charge in [0.05, 0.1) is 17.3 Å². The second-order valence-electron chi connectivity index (χ2n) is 8.37. The first-order chi connectivity index (χ1) is 15.5. The Kier molecular flexibility index (Phi) is 5.06. The molecule has 0 unspecified atom stereocenters. The summed E-state index contributed by atoms with van der Waals surface area (Å²) in [6.07, 6.45) is 0.656. The fourth-order valence-corrected chi connectivity index (χ4v) is 4.68. The van der Waals surface area contributed by atoms with E-state index in [1.165, 1.54) is 5.56 Å². The van der Waals surface area contributed by atoms with Crippen LogP contribution in [0.1, 0.15) is 41.8 Å². The molecule has 0 saturated heterocycles. The summed E-state index contributed by atoms with van der Waals surface area (Å²) >= 11 is 0. The average Bonchev–Trinajstić information content (AvgIpc) is 3.24. The standard InChI is InChI=1S/C28H25N3O/c1-18-10-9-13-22(16-18)26-17-25(30-31(26)20(3)32)27-19(2)29-24-15-8-7-14-23(24)28(27)21-11-5-4-6-12-21/h4-16,26H,17H2,1-3H3/t26-/m1/s1. The number of para-hydroxylation sites is 1. The fraction of sp³-hybridized carbons (Fsp3) is 0.179. The van der Waals surface area contributed by atoms with Crippen LogP contribution in [-0.4, -0.2) is 21.6 Å². The summed E-state index contributed by atoms with van der Waals surface area (Å²) in [4.78, 5) is 17.5. The van der Waals surface area contributed by atoms with Crippen molar-refractivity contribution < 1.29 is 4.79 Å². The maximum atomic E-state index is 12.5. The summed E-state index contributed by atoms with van der Waals surface area (Å²) in [7, 11) is 0. The topological polar surface area (TPSA) is 45.6 Å². The van der Waals surface area contributed by atoms with Gasteiger partial charge in [-0.25, -0.2) is 5.01 Å². The van der Waals surface area contributed by atoms with Gasteiger partial charge in [0.15, 0.2) is 0 Å². The summed E-state index contributed by atoms with van der Waals surface area (Å²) in [5.74, 6) is -0.0563. The van der Waals surface area contributed by atoms with Crippen LogP contribution in [0.3, 0.4) is 0 Å². The minimum absolute atomic E-state index is 0.0563. The molecule has 1 atom stereocenters. The SMILES string of the molecule is CC(=O)N1N=C(c2c(C)nc3ccccc3c2-c2ccccc2)C[C@@H]1c1cccc(C)c1. The molecule has 2 heterocycles. The molecule has 0 spiro atoms. The van der Waals surface area contributed by atoms with Gasteiger partial charge in [-0.05, 0) is 31.0 Å². The van der Waals surface area contributed by atoms with Crippen LogP contribution >= 0.6 is 0 Å². The predicted octanol–water partition coefficient (Wildman–Crippen LogP) is 6.22. The minimum Gasteiger partial charge on any atom is -0.273 e. The summed E-state index contributed by atoms with van der Waals surface area (Å²) in [6, 6.07) is 26.8. The smallest absolute Gasteiger partial charge is 0.240 e. The van der Waals surface area contributed by atoms with E-state index in [2.05, 4.69) is 55.5 Å². The van der Waals surface area contributed by atoms with Gasteiger partial charge in [0, 0.05) is 35.6 Å². The van der Waals surface area contributed by atoms with Gasteiger partial charge in [-0.15, -0.1) is 0 Å². The number of nitrogens with zero attached hydrogens (tertiary/aromatic N) is 3. The number of hydrogen-bond donors (Lipinski definition) is 0. The van der Waals surface area contributed by atoms with Crippen molar-refractivity contribution in [3.05, 3.63) is 101 Å².